The van der Waals surface area contributed by atoms with Gasteiger partial charge in [-0.2, -0.15) is 0 Å². The van der Waals surface area contributed by atoms with Crippen LogP contribution in [0.15, 0.2) is 11.0 Å². The van der Waals surface area contributed by atoms with Gasteiger partial charge in [0, 0.05) is 12.6 Å². The molecule has 1 aliphatic heterocycles. The Kier molecular flexibility index (Phi) is 2.84. The second kappa shape index (κ2) is 4.17. The second-order valence-corrected chi connectivity index (χ2v) is 4.09. The largest absolute Gasteiger partial charge is 0.465 e. The zero-order valence-corrected chi connectivity index (χ0v) is 9.25. The Morgan fingerprint density at radius 1 is 1.65 bits per heavy atom. The van der Waals surface area contributed by atoms with Gasteiger partial charge in [-0.3, -0.25) is 9.69 Å². The molecule has 0 saturated carbocycles. The minimum absolute atomic E-state index is 0.0211. The molecule has 0 aliphatic carbocycles. The highest BCUT2D eigenvalue weighted by molar-refractivity contribution is 5.66. The normalized spacial score (nSPS) is 24.0. The highest BCUT2D eigenvalue weighted by atomic mass is 16.4. The molecule has 1 fully saturated rings. The van der Waals surface area contributed by atoms with E-state index in [1.807, 2.05) is 0 Å². The van der Waals surface area contributed by atoms with Crippen molar-refractivity contribution in [3.05, 3.63) is 27.9 Å². The molecular weight excluding hydrogens is 226 g/mol. The zero-order valence-electron chi connectivity index (χ0n) is 9.25. The Morgan fingerprint density at radius 2 is 2.35 bits per heavy atom. The van der Waals surface area contributed by atoms with Crippen LogP contribution >= 0.6 is 0 Å². The highest BCUT2D eigenvalue weighted by Crippen LogP contribution is 2.29. The van der Waals surface area contributed by atoms with Crippen LogP contribution in [0.25, 0.3) is 0 Å². The maximum absolute atomic E-state index is 11.7. The molecule has 17 heavy (non-hydrogen) atoms. The number of aryl methyl sites for hydroxylation is 1. The summed E-state index contributed by atoms with van der Waals surface area (Å²) in [6.07, 6.45) is -0.296. The second-order valence-electron chi connectivity index (χ2n) is 4.09. The number of likely N-dealkylation sites (tertiary alicyclic amines) is 1. The molecule has 0 radical (unpaired) electrons. The summed E-state index contributed by atoms with van der Waals surface area (Å²) >= 11 is 0. The number of amides is 1. The Morgan fingerprint density at radius 3 is 2.94 bits per heavy atom. The topological polar surface area (TPSA) is 107 Å². The summed E-state index contributed by atoms with van der Waals surface area (Å²) in [4.78, 5) is 30.2. The van der Waals surface area contributed by atoms with Gasteiger partial charge in [-0.25, -0.2) is 9.78 Å². The number of aromatic nitrogens is 2. The van der Waals surface area contributed by atoms with Crippen molar-refractivity contribution in [3.63, 3.8) is 0 Å². The van der Waals surface area contributed by atoms with Crippen LogP contribution in [0.4, 0.5) is 4.79 Å². The van der Waals surface area contributed by atoms with Crippen LogP contribution in [0.3, 0.4) is 0 Å². The van der Waals surface area contributed by atoms with E-state index in [1.165, 1.54) is 6.20 Å². The van der Waals surface area contributed by atoms with Crippen molar-refractivity contribution in [2.75, 3.05) is 6.54 Å². The van der Waals surface area contributed by atoms with Gasteiger partial charge in [0.15, 0.2) is 0 Å². The van der Waals surface area contributed by atoms with Crippen molar-refractivity contribution in [1.82, 2.24) is 14.9 Å². The highest BCUT2D eigenvalue weighted by Gasteiger charge is 2.36. The van der Waals surface area contributed by atoms with Crippen LogP contribution < -0.4 is 5.56 Å². The molecule has 1 unspecified atom stereocenters. The summed E-state index contributed by atoms with van der Waals surface area (Å²) in [6.45, 7) is 1.66. The lowest BCUT2D eigenvalue weighted by Gasteiger charge is -2.20. The molecule has 1 saturated heterocycles. The molecule has 1 aliphatic rings. The van der Waals surface area contributed by atoms with Crippen LogP contribution in [0.2, 0.25) is 0 Å². The van der Waals surface area contributed by atoms with E-state index < -0.39 is 18.2 Å². The summed E-state index contributed by atoms with van der Waals surface area (Å²) in [5.41, 5.74) is -0.0857. The molecule has 2 atom stereocenters. The van der Waals surface area contributed by atoms with Gasteiger partial charge in [0.2, 0.25) is 0 Å². The van der Waals surface area contributed by atoms with E-state index in [2.05, 4.69) is 9.97 Å². The van der Waals surface area contributed by atoms with Gasteiger partial charge in [-0.15, -0.1) is 0 Å². The first kappa shape index (κ1) is 11.6. The Labute approximate surface area is 96.7 Å². The van der Waals surface area contributed by atoms with Crippen molar-refractivity contribution in [2.24, 2.45) is 0 Å². The van der Waals surface area contributed by atoms with Crippen molar-refractivity contribution in [2.45, 2.75) is 25.5 Å². The average Bonchev–Trinajstić information content (AvgIpc) is 2.60. The summed E-state index contributed by atoms with van der Waals surface area (Å²) in [5, 5.41) is 18.5. The number of carbonyl (C=O) groups is 1. The fraction of sp³-hybridized carbons (Fsp3) is 0.500. The zero-order chi connectivity index (χ0) is 12.6. The predicted molar refractivity (Wildman–Crippen MR) is 57.7 cm³/mol. The molecular formula is C10H13N3O4. The number of nitrogens with one attached hydrogen (secondary N) is 1. The third-order valence-electron chi connectivity index (χ3n) is 2.84. The van der Waals surface area contributed by atoms with Crippen LogP contribution in [-0.2, 0) is 0 Å². The number of rotatable bonds is 1. The van der Waals surface area contributed by atoms with Crippen LogP contribution in [0.5, 0.6) is 0 Å². The van der Waals surface area contributed by atoms with Crippen molar-refractivity contribution < 1.29 is 15.0 Å². The molecule has 0 aromatic carbocycles. The van der Waals surface area contributed by atoms with Gasteiger partial charge in [-0.05, 0) is 6.92 Å². The van der Waals surface area contributed by atoms with E-state index >= 15 is 0 Å². The summed E-state index contributed by atoms with van der Waals surface area (Å²) in [5.74, 6) is 0.471. The first-order valence-corrected chi connectivity index (χ1v) is 5.22. The van der Waals surface area contributed by atoms with Crippen molar-refractivity contribution >= 4 is 6.09 Å². The first-order valence-electron chi connectivity index (χ1n) is 5.22. The lowest BCUT2D eigenvalue weighted by molar-refractivity contribution is 0.131. The van der Waals surface area contributed by atoms with E-state index in [9.17, 15) is 14.7 Å². The van der Waals surface area contributed by atoms with E-state index in [0.717, 1.165) is 4.90 Å². The smallest absolute Gasteiger partial charge is 0.407 e. The number of carboxylic acid groups (broad SMARTS) is 1. The lowest BCUT2D eigenvalue weighted by Crippen LogP contribution is -2.33. The molecule has 7 heteroatoms. The van der Waals surface area contributed by atoms with Gasteiger partial charge >= 0.3 is 6.09 Å². The SMILES string of the molecule is Cc1ncc(C2C[C@@H](O)CN2C(=O)O)c(=O)[nH]1. The molecule has 2 heterocycles. The van der Waals surface area contributed by atoms with Gasteiger partial charge in [-0.1, -0.05) is 0 Å². The minimum atomic E-state index is -1.15. The van der Waals surface area contributed by atoms with E-state index in [1.54, 1.807) is 6.92 Å². The molecule has 1 aromatic rings. The maximum Gasteiger partial charge on any atom is 0.407 e. The average molecular weight is 239 g/mol. The van der Waals surface area contributed by atoms with Gasteiger partial charge in [0.05, 0.1) is 24.3 Å². The molecule has 0 spiro atoms. The standard InChI is InChI=1S/C10H13N3O4/c1-5-11-3-7(9(15)12-5)8-2-6(14)4-13(8)10(16)17/h3,6,8,14H,2,4H2,1H3,(H,16,17)(H,11,12,15)/t6-,8?/m1/s1. The molecule has 7 nitrogen and oxygen atoms in total. The number of aliphatic hydroxyl groups is 1. The number of aromatic amines is 1. The minimum Gasteiger partial charge on any atom is -0.465 e. The number of aliphatic hydroxyl groups excluding tert-OH is 1. The molecule has 1 amide bonds. The third-order valence-corrected chi connectivity index (χ3v) is 2.84. The number of hydrogen-bond donors (Lipinski definition) is 3. The number of H-pyrrole nitrogens is 1. The van der Waals surface area contributed by atoms with Crippen molar-refractivity contribution in [1.29, 1.82) is 0 Å². The fourth-order valence-electron chi connectivity index (χ4n) is 2.05. The molecule has 0 bridgehead atoms. The molecule has 1 aromatic heterocycles. The Bertz CT molecular complexity index is 499. The van der Waals surface area contributed by atoms with Gasteiger partial charge in [0.1, 0.15) is 5.82 Å². The Hall–Kier alpha value is -1.89. The van der Waals surface area contributed by atoms with E-state index in [-0.39, 0.29) is 24.1 Å². The monoisotopic (exact) mass is 239 g/mol. The Balaban J connectivity index is 2.38. The van der Waals surface area contributed by atoms with Gasteiger partial charge in [0.25, 0.3) is 5.56 Å². The fourth-order valence-corrected chi connectivity index (χ4v) is 2.05. The number of hydrogen-bond acceptors (Lipinski definition) is 4. The van der Waals surface area contributed by atoms with Crippen LogP contribution in [-0.4, -0.2) is 43.8 Å². The maximum atomic E-state index is 11.7. The number of β-amino-alcohol motifs (C(OH)–C–C–N with tert-alkyl or cyclic N) is 1. The predicted octanol–water partition coefficient (Wildman–Crippen LogP) is -0.136. The van der Waals surface area contributed by atoms with Crippen LogP contribution in [0, 0.1) is 6.92 Å². The molecule has 2 rings (SSSR count). The molecule has 92 valence electrons. The van der Waals surface area contributed by atoms with E-state index in [4.69, 9.17) is 5.11 Å². The van der Waals surface area contributed by atoms with Crippen molar-refractivity contribution in [3.8, 4) is 0 Å². The number of nitrogens with zero attached hydrogens (tertiary/aromatic N) is 2. The first-order chi connectivity index (χ1) is 7.99. The summed E-state index contributed by atoms with van der Waals surface area (Å²) in [6, 6.07) is -0.626. The molecule has 3 N–H and O–H groups in total. The third kappa shape index (κ3) is 2.14. The van der Waals surface area contributed by atoms with E-state index in [0.29, 0.717) is 5.82 Å². The van der Waals surface area contributed by atoms with Gasteiger partial charge < -0.3 is 15.2 Å². The van der Waals surface area contributed by atoms with Crippen LogP contribution in [0.1, 0.15) is 23.9 Å². The summed E-state index contributed by atoms with van der Waals surface area (Å²) < 4.78 is 0. The summed E-state index contributed by atoms with van der Waals surface area (Å²) in [7, 11) is 0. The quantitative estimate of drug-likeness (QED) is 0.632. The lowest BCUT2D eigenvalue weighted by atomic mass is 10.1.